The molecule has 134 valence electrons. The molecule has 2 aliphatic rings. The predicted molar refractivity (Wildman–Crippen MR) is 108 cm³/mol. The van der Waals surface area contributed by atoms with Gasteiger partial charge in [0.05, 0.1) is 11.8 Å². The largest absolute Gasteiger partial charge is 0.464 e. The van der Waals surface area contributed by atoms with E-state index in [0.29, 0.717) is 0 Å². The van der Waals surface area contributed by atoms with Gasteiger partial charge in [0.25, 0.3) is 0 Å². The van der Waals surface area contributed by atoms with Crippen molar-refractivity contribution in [3.63, 3.8) is 0 Å². The van der Waals surface area contributed by atoms with Crippen LogP contribution in [0.25, 0.3) is 0 Å². The van der Waals surface area contributed by atoms with Crippen molar-refractivity contribution >= 4 is 17.3 Å². The number of fused-ring (bicyclic) bond motifs is 3. The number of hydrogen-bond donors (Lipinski definition) is 0. The van der Waals surface area contributed by atoms with Gasteiger partial charge < -0.3 is 4.74 Å². The third-order valence-electron chi connectivity index (χ3n) is 5.22. The summed E-state index contributed by atoms with van der Waals surface area (Å²) in [6, 6.07) is 24.8. The van der Waals surface area contributed by atoms with Crippen molar-refractivity contribution in [1.29, 1.82) is 0 Å². The van der Waals surface area contributed by atoms with E-state index in [-0.39, 0.29) is 12.3 Å². The Morgan fingerprint density at radius 2 is 1.78 bits per heavy atom. The lowest BCUT2D eigenvalue weighted by atomic mass is 9.96. The molecule has 3 nitrogen and oxygen atoms in total. The average Bonchev–Trinajstić information content (AvgIpc) is 3.15. The number of nitrogens with zero attached hydrogens (tertiary/aromatic N) is 2. The van der Waals surface area contributed by atoms with Crippen LogP contribution >= 0.6 is 11.6 Å². The Balaban J connectivity index is 1.61. The Hall–Kier alpha value is -2.78. The normalized spacial score (nSPS) is 20.5. The fourth-order valence-corrected chi connectivity index (χ4v) is 3.99. The number of halogens is 1. The first-order valence-corrected chi connectivity index (χ1v) is 9.51. The molecule has 0 saturated heterocycles. The van der Waals surface area contributed by atoms with Crippen molar-refractivity contribution < 1.29 is 4.74 Å². The van der Waals surface area contributed by atoms with Gasteiger partial charge in [-0.3, -0.25) is 0 Å². The molecule has 0 bridgehead atoms. The van der Waals surface area contributed by atoms with Gasteiger partial charge in [-0.2, -0.15) is 5.10 Å². The van der Waals surface area contributed by atoms with E-state index in [9.17, 15) is 0 Å². The maximum absolute atomic E-state index is 6.37. The monoisotopic (exact) mass is 374 g/mol. The van der Waals surface area contributed by atoms with Crippen LogP contribution in [0.1, 0.15) is 40.9 Å². The zero-order valence-corrected chi connectivity index (χ0v) is 15.7. The highest BCUT2D eigenvalue weighted by Gasteiger charge is 2.41. The van der Waals surface area contributed by atoms with Crippen LogP contribution in [-0.2, 0) is 0 Å². The van der Waals surface area contributed by atoms with Gasteiger partial charge in [0.2, 0.25) is 6.23 Å². The van der Waals surface area contributed by atoms with Crippen molar-refractivity contribution in [2.75, 3.05) is 0 Å². The summed E-state index contributed by atoms with van der Waals surface area (Å²) < 4.78 is 6.37. The van der Waals surface area contributed by atoms with E-state index in [1.807, 2.05) is 36.4 Å². The summed E-state index contributed by atoms with van der Waals surface area (Å²) in [5.41, 5.74) is 5.66. The number of ether oxygens (including phenoxy) is 1. The van der Waals surface area contributed by atoms with Gasteiger partial charge in [-0.25, -0.2) is 5.01 Å². The standard InChI is InChI=1S/C23H19ClN2O/c1-15-7-9-17(10-8-15)23-26-21(19-13-18(24)11-12-22(19)27-23)14-20(25-26)16-5-3-2-4-6-16/h2-13,21,23H,14H2,1H3/t21-,23-/m0/s1. The SMILES string of the molecule is Cc1ccc([C@@H]2Oc3ccc(Cl)cc3[C@@H]3CC(c4ccccc4)=NN32)cc1. The Morgan fingerprint density at radius 1 is 1.00 bits per heavy atom. The summed E-state index contributed by atoms with van der Waals surface area (Å²) in [4.78, 5) is 0. The minimum absolute atomic E-state index is 0.119. The first-order valence-electron chi connectivity index (χ1n) is 9.13. The molecule has 0 aliphatic carbocycles. The molecule has 0 radical (unpaired) electrons. The van der Waals surface area contributed by atoms with Crippen LogP contribution in [0.2, 0.25) is 5.02 Å². The lowest BCUT2D eigenvalue weighted by Gasteiger charge is -2.38. The third-order valence-corrected chi connectivity index (χ3v) is 5.46. The van der Waals surface area contributed by atoms with Crippen molar-refractivity contribution in [2.45, 2.75) is 25.6 Å². The molecule has 2 heterocycles. The first kappa shape index (κ1) is 16.4. The molecule has 2 aliphatic heterocycles. The molecule has 4 heteroatoms. The molecule has 0 amide bonds. The Kier molecular flexibility index (Phi) is 3.91. The summed E-state index contributed by atoms with van der Waals surface area (Å²) in [6.45, 7) is 2.09. The minimum atomic E-state index is -0.245. The fourth-order valence-electron chi connectivity index (χ4n) is 3.81. The van der Waals surface area contributed by atoms with Crippen molar-refractivity contribution in [3.8, 4) is 5.75 Å². The maximum Gasteiger partial charge on any atom is 0.213 e. The summed E-state index contributed by atoms with van der Waals surface area (Å²) in [7, 11) is 0. The van der Waals surface area contributed by atoms with Crippen LogP contribution in [0.5, 0.6) is 5.75 Å². The first-order chi connectivity index (χ1) is 13.2. The Bertz CT molecular complexity index is 1010. The number of benzene rings is 3. The second-order valence-electron chi connectivity index (χ2n) is 7.08. The molecule has 0 spiro atoms. The smallest absolute Gasteiger partial charge is 0.213 e. The van der Waals surface area contributed by atoms with E-state index in [1.165, 1.54) is 5.56 Å². The summed E-state index contributed by atoms with van der Waals surface area (Å²) in [5, 5.41) is 7.78. The fraction of sp³-hybridized carbons (Fsp3) is 0.174. The van der Waals surface area contributed by atoms with Gasteiger partial charge in [-0.05, 0) is 30.7 Å². The average molecular weight is 375 g/mol. The van der Waals surface area contributed by atoms with Crippen LogP contribution in [0, 0.1) is 6.92 Å². The zero-order valence-electron chi connectivity index (χ0n) is 15.0. The van der Waals surface area contributed by atoms with Crippen LogP contribution in [0.15, 0.2) is 77.9 Å². The van der Waals surface area contributed by atoms with E-state index in [0.717, 1.165) is 39.6 Å². The molecule has 0 N–H and O–H groups in total. The minimum Gasteiger partial charge on any atom is -0.464 e. The summed E-state index contributed by atoms with van der Waals surface area (Å²) in [5.74, 6) is 0.885. The molecule has 0 aromatic heterocycles. The van der Waals surface area contributed by atoms with E-state index in [4.69, 9.17) is 21.4 Å². The molecule has 2 atom stereocenters. The second-order valence-corrected chi connectivity index (χ2v) is 7.51. The van der Waals surface area contributed by atoms with Gasteiger partial charge in [-0.1, -0.05) is 71.8 Å². The maximum atomic E-state index is 6.37. The highest BCUT2D eigenvalue weighted by Crippen LogP contribution is 2.48. The Labute approximate surface area is 163 Å². The number of hydrogen-bond acceptors (Lipinski definition) is 3. The third kappa shape index (κ3) is 2.88. The van der Waals surface area contributed by atoms with Crippen LogP contribution < -0.4 is 4.74 Å². The molecule has 0 saturated carbocycles. The number of rotatable bonds is 2. The summed E-state index contributed by atoms with van der Waals surface area (Å²) in [6.07, 6.45) is 0.591. The van der Waals surface area contributed by atoms with Crippen molar-refractivity contribution in [2.24, 2.45) is 5.10 Å². The molecule has 0 fully saturated rings. The van der Waals surface area contributed by atoms with Crippen molar-refractivity contribution in [3.05, 3.63) is 100 Å². The van der Waals surface area contributed by atoms with Gasteiger partial charge in [0.1, 0.15) is 5.75 Å². The number of aryl methyl sites for hydroxylation is 1. The Morgan fingerprint density at radius 3 is 2.56 bits per heavy atom. The van der Waals surface area contributed by atoms with Crippen LogP contribution in [0.3, 0.4) is 0 Å². The topological polar surface area (TPSA) is 24.8 Å². The predicted octanol–water partition coefficient (Wildman–Crippen LogP) is 5.89. The lowest BCUT2D eigenvalue weighted by Crippen LogP contribution is -2.33. The highest BCUT2D eigenvalue weighted by atomic mass is 35.5. The second kappa shape index (κ2) is 6.43. The van der Waals surface area contributed by atoms with Crippen LogP contribution in [-0.4, -0.2) is 10.7 Å². The quantitative estimate of drug-likeness (QED) is 0.558. The van der Waals surface area contributed by atoms with Crippen molar-refractivity contribution in [1.82, 2.24) is 5.01 Å². The van der Waals surface area contributed by atoms with E-state index >= 15 is 0 Å². The molecule has 3 aromatic rings. The van der Waals surface area contributed by atoms with Gasteiger partial charge in [0, 0.05) is 22.6 Å². The molecule has 0 unspecified atom stereocenters. The van der Waals surface area contributed by atoms with E-state index < -0.39 is 0 Å². The number of hydrazone groups is 1. The molecule has 3 aromatic carbocycles. The van der Waals surface area contributed by atoms with E-state index in [2.05, 4.69) is 48.3 Å². The lowest BCUT2D eigenvalue weighted by molar-refractivity contribution is -0.0190. The van der Waals surface area contributed by atoms with Gasteiger partial charge in [-0.15, -0.1) is 0 Å². The zero-order chi connectivity index (χ0) is 18.4. The van der Waals surface area contributed by atoms with Crippen LogP contribution in [0.4, 0.5) is 0 Å². The van der Waals surface area contributed by atoms with Gasteiger partial charge >= 0.3 is 0 Å². The summed E-state index contributed by atoms with van der Waals surface area (Å²) >= 11 is 6.28. The molecular weight excluding hydrogens is 356 g/mol. The van der Waals surface area contributed by atoms with Gasteiger partial charge in [0.15, 0.2) is 0 Å². The van der Waals surface area contributed by atoms with E-state index in [1.54, 1.807) is 0 Å². The molecular formula is C23H19ClN2O. The highest BCUT2D eigenvalue weighted by molar-refractivity contribution is 6.30. The molecule has 27 heavy (non-hydrogen) atoms. The molecule has 5 rings (SSSR count).